The molecular weight excluding hydrogens is 255 g/mol. The molecule has 0 aliphatic carbocycles. The van der Waals surface area contributed by atoms with Gasteiger partial charge in [0.25, 0.3) is 0 Å². The minimum Gasteiger partial charge on any atom is -0.497 e. The second-order valence-electron chi connectivity index (χ2n) is 3.87. The number of benzene rings is 1. The van der Waals surface area contributed by atoms with Crippen LogP contribution in [0.1, 0.15) is 25.7 Å². The van der Waals surface area contributed by atoms with E-state index in [2.05, 4.69) is 0 Å². The summed E-state index contributed by atoms with van der Waals surface area (Å²) in [5.74, 6) is 1.65. The van der Waals surface area contributed by atoms with Gasteiger partial charge in [0.05, 0.1) is 13.7 Å². The zero-order chi connectivity index (χ0) is 13.2. The lowest BCUT2D eigenvalue weighted by Gasteiger charge is -2.06. The van der Waals surface area contributed by atoms with E-state index in [1.165, 1.54) is 6.08 Å². The lowest BCUT2D eigenvalue weighted by molar-refractivity contribution is 0.305. The summed E-state index contributed by atoms with van der Waals surface area (Å²) in [7, 11) is 1.63. The zero-order valence-corrected chi connectivity index (χ0v) is 11.3. The Bertz CT molecular complexity index is 359. The van der Waals surface area contributed by atoms with Crippen LogP contribution in [0, 0.1) is 0 Å². The number of hydrogen-bond acceptors (Lipinski definition) is 2. The summed E-state index contributed by atoms with van der Waals surface area (Å²) >= 11 is 5.08. The van der Waals surface area contributed by atoms with Gasteiger partial charge in [-0.3, -0.25) is 0 Å². The number of unbranched alkanes of at least 4 members (excludes halogenated alkanes) is 3. The molecule has 0 aliphatic heterocycles. The van der Waals surface area contributed by atoms with Gasteiger partial charge in [-0.25, -0.2) is 0 Å². The van der Waals surface area contributed by atoms with Gasteiger partial charge in [0.1, 0.15) is 11.5 Å². The molecule has 0 fully saturated rings. The molecule has 0 radical (unpaired) electrons. The van der Waals surface area contributed by atoms with Crippen molar-refractivity contribution in [1.29, 1.82) is 0 Å². The third kappa shape index (κ3) is 6.50. The molecule has 0 saturated carbocycles. The Morgan fingerprint density at radius 3 is 2.44 bits per heavy atom. The number of hydrogen-bond donors (Lipinski definition) is 0. The van der Waals surface area contributed by atoms with Crippen molar-refractivity contribution >= 4 is 11.6 Å². The van der Waals surface area contributed by atoms with Crippen molar-refractivity contribution in [3.05, 3.63) is 35.6 Å². The molecule has 0 amide bonds. The van der Waals surface area contributed by atoms with E-state index >= 15 is 0 Å². The van der Waals surface area contributed by atoms with Crippen molar-refractivity contribution in [1.82, 2.24) is 0 Å². The Balaban J connectivity index is 2.08. The topological polar surface area (TPSA) is 18.5 Å². The van der Waals surface area contributed by atoms with Crippen LogP contribution < -0.4 is 9.47 Å². The van der Waals surface area contributed by atoms with E-state index < -0.39 is 5.29 Å². The second kappa shape index (κ2) is 8.81. The lowest BCUT2D eigenvalue weighted by Crippen LogP contribution is -1.97. The maximum atomic E-state index is 12.2. The lowest BCUT2D eigenvalue weighted by atomic mass is 10.2. The SMILES string of the molecule is COc1ccc(OCCCCC/C=C(/F)Cl)cc1. The highest BCUT2D eigenvalue weighted by Crippen LogP contribution is 2.17. The van der Waals surface area contributed by atoms with E-state index in [9.17, 15) is 4.39 Å². The third-order valence-electron chi connectivity index (χ3n) is 2.48. The Morgan fingerprint density at radius 1 is 1.17 bits per heavy atom. The van der Waals surface area contributed by atoms with Crippen LogP contribution >= 0.6 is 11.6 Å². The Hall–Kier alpha value is -1.22. The predicted molar refractivity (Wildman–Crippen MR) is 72.0 cm³/mol. The third-order valence-corrected chi connectivity index (χ3v) is 2.63. The van der Waals surface area contributed by atoms with Crippen LogP contribution in [0.15, 0.2) is 35.6 Å². The second-order valence-corrected chi connectivity index (χ2v) is 4.23. The van der Waals surface area contributed by atoms with Crippen LogP contribution in [0.25, 0.3) is 0 Å². The number of allylic oxidation sites excluding steroid dienone is 1. The average molecular weight is 273 g/mol. The van der Waals surface area contributed by atoms with E-state index in [1.807, 2.05) is 24.3 Å². The maximum absolute atomic E-state index is 12.2. The van der Waals surface area contributed by atoms with E-state index in [-0.39, 0.29) is 0 Å². The molecule has 1 aromatic carbocycles. The van der Waals surface area contributed by atoms with Crippen LogP contribution in [-0.4, -0.2) is 13.7 Å². The van der Waals surface area contributed by atoms with Crippen molar-refractivity contribution < 1.29 is 13.9 Å². The average Bonchev–Trinajstić information content (AvgIpc) is 2.38. The smallest absolute Gasteiger partial charge is 0.185 e. The van der Waals surface area contributed by atoms with Gasteiger partial charge in [-0.2, -0.15) is 4.39 Å². The van der Waals surface area contributed by atoms with Gasteiger partial charge in [0.15, 0.2) is 5.29 Å². The first kappa shape index (κ1) is 14.8. The minimum atomic E-state index is -0.621. The molecule has 0 unspecified atom stereocenters. The number of methoxy groups -OCH3 is 1. The summed E-state index contributed by atoms with van der Waals surface area (Å²) in [5, 5.41) is -0.621. The maximum Gasteiger partial charge on any atom is 0.185 e. The standard InChI is InChI=1S/C14H18ClFO2/c1-17-12-7-9-13(10-8-12)18-11-5-3-2-4-6-14(15)16/h6-10H,2-5,11H2,1H3/b14-6+. The highest BCUT2D eigenvalue weighted by Gasteiger charge is 1.95. The molecule has 0 atom stereocenters. The number of ether oxygens (including phenoxy) is 2. The molecule has 0 aliphatic rings. The Labute approximate surface area is 112 Å². The molecule has 1 rings (SSSR count). The normalized spacial score (nSPS) is 11.4. The quantitative estimate of drug-likeness (QED) is 0.640. The van der Waals surface area contributed by atoms with Crippen LogP contribution in [0.2, 0.25) is 0 Å². The van der Waals surface area contributed by atoms with Crippen molar-refractivity contribution in [2.24, 2.45) is 0 Å². The summed E-state index contributed by atoms with van der Waals surface area (Å²) < 4.78 is 22.8. The molecule has 0 heterocycles. The van der Waals surface area contributed by atoms with Crippen molar-refractivity contribution in [3.63, 3.8) is 0 Å². The first-order valence-corrected chi connectivity index (χ1v) is 6.38. The van der Waals surface area contributed by atoms with E-state index in [0.717, 1.165) is 30.8 Å². The summed E-state index contributed by atoms with van der Waals surface area (Å²) in [4.78, 5) is 0. The Morgan fingerprint density at radius 2 is 1.83 bits per heavy atom. The van der Waals surface area contributed by atoms with Gasteiger partial charge in [-0.15, -0.1) is 0 Å². The highest BCUT2D eigenvalue weighted by molar-refractivity contribution is 6.28. The van der Waals surface area contributed by atoms with E-state index in [4.69, 9.17) is 21.1 Å². The molecule has 1 aromatic rings. The fourth-order valence-corrected chi connectivity index (χ4v) is 1.61. The first-order chi connectivity index (χ1) is 8.72. The van der Waals surface area contributed by atoms with Crippen LogP contribution in [0.4, 0.5) is 4.39 Å². The van der Waals surface area contributed by atoms with Gasteiger partial charge in [0, 0.05) is 0 Å². The van der Waals surface area contributed by atoms with Crippen LogP contribution in [0.3, 0.4) is 0 Å². The Kier molecular flexibility index (Phi) is 7.26. The minimum absolute atomic E-state index is 0.621. The van der Waals surface area contributed by atoms with Crippen LogP contribution in [-0.2, 0) is 0 Å². The van der Waals surface area contributed by atoms with Crippen molar-refractivity contribution in [3.8, 4) is 11.5 Å². The van der Waals surface area contributed by atoms with Gasteiger partial charge in [0.2, 0.25) is 0 Å². The largest absolute Gasteiger partial charge is 0.497 e. The monoisotopic (exact) mass is 272 g/mol. The molecular formula is C14H18ClFO2. The molecule has 0 N–H and O–H groups in total. The van der Waals surface area contributed by atoms with E-state index in [1.54, 1.807) is 7.11 Å². The summed E-state index contributed by atoms with van der Waals surface area (Å²) in [6.07, 6.45) is 4.94. The summed E-state index contributed by atoms with van der Waals surface area (Å²) in [6, 6.07) is 7.49. The molecule has 0 bridgehead atoms. The highest BCUT2D eigenvalue weighted by atomic mass is 35.5. The van der Waals surface area contributed by atoms with Gasteiger partial charge >= 0.3 is 0 Å². The number of halogens is 2. The first-order valence-electron chi connectivity index (χ1n) is 6.00. The predicted octanol–water partition coefficient (Wildman–Crippen LogP) is 4.68. The van der Waals surface area contributed by atoms with Crippen LogP contribution in [0.5, 0.6) is 11.5 Å². The molecule has 2 nitrogen and oxygen atoms in total. The van der Waals surface area contributed by atoms with Gasteiger partial charge in [-0.1, -0.05) is 11.6 Å². The van der Waals surface area contributed by atoms with Gasteiger partial charge < -0.3 is 9.47 Å². The van der Waals surface area contributed by atoms with Crippen molar-refractivity contribution in [2.45, 2.75) is 25.7 Å². The van der Waals surface area contributed by atoms with E-state index in [0.29, 0.717) is 13.0 Å². The molecule has 0 aromatic heterocycles. The molecule has 0 saturated heterocycles. The van der Waals surface area contributed by atoms with Gasteiger partial charge in [-0.05, 0) is 56.0 Å². The summed E-state index contributed by atoms with van der Waals surface area (Å²) in [5.41, 5.74) is 0. The number of rotatable bonds is 8. The molecule has 100 valence electrons. The summed E-state index contributed by atoms with van der Waals surface area (Å²) in [6.45, 7) is 0.666. The van der Waals surface area contributed by atoms with Crippen molar-refractivity contribution in [2.75, 3.05) is 13.7 Å². The zero-order valence-electron chi connectivity index (χ0n) is 10.5. The fourth-order valence-electron chi connectivity index (χ4n) is 1.50. The molecule has 18 heavy (non-hydrogen) atoms. The fraction of sp³-hybridized carbons (Fsp3) is 0.429. The molecule has 4 heteroatoms. The molecule has 0 spiro atoms.